The van der Waals surface area contributed by atoms with Crippen molar-refractivity contribution in [1.29, 1.82) is 0 Å². The molecule has 0 fully saturated rings. The van der Waals surface area contributed by atoms with Crippen molar-refractivity contribution in [2.24, 2.45) is 0 Å². The van der Waals surface area contributed by atoms with Gasteiger partial charge in [-0.2, -0.15) is 0 Å². The van der Waals surface area contributed by atoms with E-state index in [0.717, 1.165) is 0 Å². The van der Waals surface area contributed by atoms with E-state index in [0.29, 0.717) is 29.3 Å². The Hall–Kier alpha value is -2.37. The van der Waals surface area contributed by atoms with Gasteiger partial charge in [0.2, 0.25) is 0 Å². The van der Waals surface area contributed by atoms with Crippen molar-refractivity contribution in [3.63, 3.8) is 0 Å². The lowest BCUT2D eigenvalue weighted by Crippen LogP contribution is -2.08. The number of hydrogen-bond donors (Lipinski definition) is 2. The van der Waals surface area contributed by atoms with Gasteiger partial charge in [0.1, 0.15) is 17.3 Å². The van der Waals surface area contributed by atoms with E-state index in [9.17, 15) is 13.2 Å². The van der Waals surface area contributed by atoms with Crippen LogP contribution in [0.5, 0.6) is 5.75 Å². The number of nitrogens with two attached hydrogens (primary N) is 1. The van der Waals surface area contributed by atoms with Gasteiger partial charge in [-0.1, -0.05) is 0 Å². The Kier molecular flexibility index (Phi) is 4.26. The van der Waals surface area contributed by atoms with Crippen molar-refractivity contribution in [3.05, 3.63) is 47.8 Å². The van der Waals surface area contributed by atoms with E-state index < -0.39 is 23.1 Å². The molecule has 0 aliphatic carbocycles. The van der Waals surface area contributed by atoms with Crippen molar-refractivity contribution >= 4 is 17.1 Å². The fourth-order valence-electron chi connectivity index (χ4n) is 1.77. The number of nitrogen functional groups attached to an aromatic ring is 1. The first-order valence-corrected chi connectivity index (χ1v) is 6.34. The summed E-state index contributed by atoms with van der Waals surface area (Å²) in [6.45, 7) is 3.66. The van der Waals surface area contributed by atoms with Crippen LogP contribution in [0.1, 0.15) is 13.8 Å². The predicted molar refractivity (Wildman–Crippen MR) is 76.2 cm³/mol. The highest BCUT2D eigenvalue weighted by atomic mass is 19.1. The topological polar surface area (TPSA) is 47.3 Å². The van der Waals surface area contributed by atoms with E-state index in [1.165, 1.54) is 6.07 Å². The molecule has 3 nitrogen and oxygen atoms in total. The average Bonchev–Trinajstić information content (AvgIpc) is 2.37. The summed E-state index contributed by atoms with van der Waals surface area (Å²) in [7, 11) is 0. The van der Waals surface area contributed by atoms with Crippen LogP contribution < -0.4 is 15.8 Å². The Morgan fingerprint density at radius 3 is 2.24 bits per heavy atom. The largest absolute Gasteiger partial charge is 0.489 e. The molecule has 0 aliphatic rings. The molecule has 3 N–H and O–H groups in total. The van der Waals surface area contributed by atoms with E-state index in [4.69, 9.17) is 10.5 Å². The molecule has 21 heavy (non-hydrogen) atoms. The second-order valence-electron chi connectivity index (χ2n) is 4.79. The summed E-state index contributed by atoms with van der Waals surface area (Å²) in [6.07, 6.45) is -0.0955. The maximum absolute atomic E-state index is 13.6. The van der Waals surface area contributed by atoms with Gasteiger partial charge in [0.15, 0.2) is 11.6 Å². The summed E-state index contributed by atoms with van der Waals surface area (Å²) in [5.74, 6) is -2.61. The van der Waals surface area contributed by atoms with Crippen molar-refractivity contribution in [1.82, 2.24) is 0 Å². The van der Waals surface area contributed by atoms with Crippen LogP contribution in [-0.2, 0) is 0 Å². The molecule has 0 aromatic heterocycles. The average molecular weight is 296 g/mol. The summed E-state index contributed by atoms with van der Waals surface area (Å²) in [4.78, 5) is 0. The Bertz CT molecular complexity index is 636. The molecule has 0 radical (unpaired) electrons. The van der Waals surface area contributed by atoms with Crippen molar-refractivity contribution < 1.29 is 17.9 Å². The number of nitrogens with one attached hydrogen (secondary N) is 1. The van der Waals surface area contributed by atoms with Crippen LogP contribution in [0.25, 0.3) is 0 Å². The Morgan fingerprint density at radius 2 is 1.67 bits per heavy atom. The zero-order valence-corrected chi connectivity index (χ0v) is 11.6. The number of rotatable bonds is 4. The van der Waals surface area contributed by atoms with E-state index >= 15 is 0 Å². The van der Waals surface area contributed by atoms with Crippen LogP contribution in [0.3, 0.4) is 0 Å². The lowest BCUT2D eigenvalue weighted by Gasteiger charge is -2.15. The SMILES string of the molecule is CC(C)Oc1cc(Nc2c(F)cc(F)cc2F)ccc1N. The quantitative estimate of drug-likeness (QED) is 0.831. The molecule has 0 aliphatic heterocycles. The fraction of sp³-hybridized carbons (Fsp3) is 0.200. The van der Waals surface area contributed by atoms with Gasteiger partial charge in [-0.25, -0.2) is 13.2 Å². The smallest absolute Gasteiger partial charge is 0.152 e. The Morgan fingerprint density at radius 1 is 1.05 bits per heavy atom. The maximum Gasteiger partial charge on any atom is 0.152 e. The number of anilines is 3. The van der Waals surface area contributed by atoms with Gasteiger partial charge in [0, 0.05) is 23.9 Å². The fourth-order valence-corrected chi connectivity index (χ4v) is 1.77. The first-order chi connectivity index (χ1) is 9.86. The van der Waals surface area contributed by atoms with Crippen molar-refractivity contribution in [3.8, 4) is 5.75 Å². The maximum atomic E-state index is 13.6. The Balaban J connectivity index is 2.32. The predicted octanol–water partition coefficient (Wildman–Crippen LogP) is 4.22. The molecule has 0 heterocycles. The minimum absolute atomic E-state index is 0.0955. The Labute approximate surface area is 120 Å². The van der Waals surface area contributed by atoms with E-state index in [-0.39, 0.29) is 6.10 Å². The van der Waals surface area contributed by atoms with Gasteiger partial charge in [-0.05, 0) is 26.0 Å². The lowest BCUT2D eigenvalue weighted by molar-refractivity contribution is 0.244. The molecule has 2 aromatic carbocycles. The molecule has 0 amide bonds. The number of hydrogen-bond acceptors (Lipinski definition) is 3. The lowest BCUT2D eigenvalue weighted by atomic mass is 10.2. The molecular formula is C15H15F3N2O. The van der Waals surface area contributed by atoms with Crippen LogP contribution in [0.2, 0.25) is 0 Å². The summed E-state index contributed by atoms with van der Waals surface area (Å²) in [6, 6.07) is 5.84. The highest BCUT2D eigenvalue weighted by Crippen LogP contribution is 2.30. The van der Waals surface area contributed by atoms with Gasteiger partial charge < -0.3 is 15.8 Å². The van der Waals surface area contributed by atoms with Crippen LogP contribution in [0.15, 0.2) is 30.3 Å². The number of halogens is 3. The molecule has 0 spiro atoms. The number of ether oxygens (including phenoxy) is 1. The summed E-state index contributed by atoms with van der Waals surface area (Å²) >= 11 is 0. The molecule has 2 rings (SSSR count). The third kappa shape index (κ3) is 3.59. The molecule has 6 heteroatoms. The second kappa shape index (κ2) is 5.95. The molecule has 0 atom stereocenters. The minimum atomic E-state index is -1.02. The highest BCUT2D eigenvalue weighted by molar-refractivity contribution is 5.67. The first kappa shape index (κ1) is 15.0. The molecule has 0 unspecified atom stereocenters. The van der Waals surface area contributed by atoms with Crippen LogP contribution in [0, 0.1) is 17.5 Å². The van der Waals surface area contributed by atoms with Gasteiger partial charge >= 0.3 is 0 Å². The third-order valence-corrected chi connectivity index (χ3v) is 2.65. The van der Waals surface area contributed by atoms with Crippen LogP contribution in [0.4, 0.5) is 30.2 Å². The monoisotopic (exact) mass is 296 g/mol. The normalized spacial score (nSPS) is 10.8. The van der Waals surface area contributed by atoms with Crippen molar-refractivity contribution in [2.75, 3.05) is 11.1 Å². The summed E-state index contributed by atoms with van der Waals surface area (Å²) in [5.41, 5.74) is 6.12. The van der Waals surface area contributed by atoms with Crippen LogP contribution >= 0.6 is 0 Å². The first-order valence-electron chi connectivity index (χ1n) is 6.34. The van der Waals surface area contributed by atoms with E-state index in [2.05, 4.69) is 5.32 Å². The molecule has 2 aromatic rings. The van der Waals surface area contributed by atoms with Gasteiger partial charge in [-0.15, -0.1) is 0 Å². The summed E-state index contributed by atoms with van der Waals surface area (Å²) in [5, 5.41) is 2.56. The van der Waals surface area contributed by atoms with Crippen LogP contribution in [-0.4, -0.2) is 6.10 Å². The zero-order chi connectivity index (χ0) is 15.6. The standard InChI is InChI=1S/C15H15F3N2O/c1-8(2)21-14-7-10(3-4-13(14)19)20-15-11(17)5-9(16)6-12(15)18/h3-8,20H,19H2,1-2H3. The number of benzene rings is 2. The molecule has 0 bridgehead atoms. The molecular weight excluding hydrogens is 281 g/mol. The molecule has 0 saturated heterocycles. The third-order valence-electron chi connectivity index (χ3n) is 2.65. The molecule has 112 valence electrons. The minimum Gasteiger partial charge on any atom is -0.489 e. The van der Waals surface area contributed by atoms with Crippen molar-refractivity contribution in [2.45, 2.75) is 20.0 Å². The van der Waals surface area contributed by atoms with Gasteiger partial charge in [-0.3, -0.25) is 0 Å². The highest BCUT2D eigenvalue weighted by Gasteiger charge is 2.13. The summed E-state index contributed by atoms with van der Waals surface area (Å²) < 4.78 is 45.5. The van der Waals surface area contributed by atoms with Gasteiger partial charge in [0.25, 0.3) is 0 Å². The van der Waals surface area contributed by atoms with E-state index in [1.54, 1.807) is 12.1 Å². The zero-order valence-electron chi connectivity index (χ0n) is 11.6. The molecule has 0 saturated carbocycles. The second-order valence-corrected chi connectivity index (χ2v) is 4.79. The van der Waals surface area contributed by atoms with Gasteiger partial charge in [0.05, 0.1) is 11.8 Å². The van der Waals surface area contributed by atoms with E-state index in [1.807, 2.05) is 13.8 Å².